The lowest BCUT2D eigenvalue weighted by Gasteiger charge is -2.40. The fourth-order valence-electron chi connectivity index (χ4n) is 5.92. The molecule has 0 spiro atoms. The van der Waals surface area contributed by atoms with E-state index >= 15 is 0 Å². The molecule has 0 unspecified atom stereocenters. The van der Waals surface area contributed by atoms with Gasteiger partial charge in [0.25, 0.3) is 0 Å². The highest BCUT2D eigenvalue weighted by molar-refractivity contribution is 8.00. The Bertz CT molecular complexity index is 976. The zero-order valence-electron chi connectivity index (χ0n) is 16.1. The summed E-state index contributed by atoms with van der Waals surface area (Å²) < 4.78 is 7.15. The summed E-state index contributed by atoms with van der Waals surface area (Å²) >= 11 is 5.11. The van der Waals surface area contributed by atoms with Gasteiger partial charge in [-0.3, -0.25) is 14.2 Å². The molecule has 2 bridgehead atoms. The van der Waals surface area contributed by atoms with Crippen LogP contribution >= 0.6 is 34.4 Å². The Labute approximate surface area is 182 Å². The van der Waals surface area contributed by atoms with Crippen LogP contribution in [0.25, 0.3) is 0 Å². The van der Waals surface area contributed by atoms with Crippen molar-refractivity contribution in [2.24, 2.45) is 17.8 Å². The molecule has 4 heterocycles. The lowest BCUT2D eigenvalue weighted by molar-refractivity contribution is -0.136. The van der Waals surface area contributed by atoms with Gasteiger partial charge < -0.3 is 9.64 Å². The highest BCUT2D eigenvalue weighted by Crippen LogP contribution is 2.64. The van der Waals surface area contributed by atoms with Gasteiger partial charge in [0.05, 0.1) is 18.2 Å². The normalized spacial score (nSPS) is 33.0. The molecule has 2 aliphatic carbocycles. The standard InChI is InChI=1S/C21H24N2O3S3/c24-15(22-5-7-26-8-6-22)11-23-20-19(29-21(23)25)17(14-2-1-9-27-14)16-12-3-4-13(10-12)18(16)28-20/h1-2,9,12-13,16-18H,3-8,10-11H2/t12-,13-,16-,17-,18+/m0/s1. The van der Waals surface area contributed by atoms with E-state index in [9.17, 15) is 9.59 Å². The number of nitrogens with zero attached hydrogens (tertiary/aromatic N) is 2. The summed E-state index contributed by atoms with van der Waals surface area (Å²) in [5, 5.41) is 3.82. The quantitative estimate of drug-likeness (QED) is 0.721. The lowest BCUT2D eigenvalue weighted by atomic mass is 9.77. The number of thioether (sulfide) groups is 1. The van der Waals surface area contributed by atoms with E-state index in [1.165, 1.54) is 40.4 Å². The number of hydrogen-bond acceptors (Lipinski definition) is 6. The number of ether oxygens (including phenoxy) is 1. The minimum absolute atomic E-state index is 0.0259. The Morgan fingerprint density at radius 3 is 2.83 bits per heavy atom. The number of carbonyl (C=O) groups excluding carboxylic acids is 1. The molecule has 8 heteroatoms. The van der Waals surface area contributed by atoms with E-state index in [1.807, 2.05) is 28.0 Å². The van der Waals surface area contributed by atoms with Crippen molar-refractivity contribution in [3.8, 4) is 0 Å². The molecule has 0 radical (unpaired) electrons. The lowest BCUT2D eigenvalue weighted by Crippen LogP contribution is -2.43. The summed E-state index contributed by atoms with van der Waals surface area (Å²) in [5.74, 6) is 2.58. The Morgan fingerprint density at radius 1 is 1.21 bits per heavy atom. The first-order valence-corrected chi connectivity index (χ1v) is 13.1. The summed E-state index contributed by atoms with van der Waals surface area (Å²) in [5.41, 5.74) is 0. The largest absolute Gasteiger partial charge is 0.378 e. The first kappa shape index (κ1) is 18.7. The fourth-order valence-corrected chi connectivity index (χ4v) is 10.0. The van der Waals surface area contributed by atoms with Gasteiger partial charge in [0.1, 0.15) is 6.54 Å². The van der Waals surface area contributed by atoms with Crippen molar-refractivity contribution >= 4 is 40.3 Å². The van der Waals surface area contributed by atoms with Gasteiger partial charge >= 0.3 is 4.87 Å². The summed E-state index contributed by atoms with van der Waals surface area (Å²) in [6.07, 6.45) is 4.01. The van der Waals surface area contributed by atoms with Crippen LogP contribution in [-0.4, -0.2) is 46.9 Å². The third kappa shape index (κ3) is 2.98. The van der Waals surface area contributed by atoms with Crippen LogP contribution < -0.4 is 4.87 Å². The molecule has 2 aromatic rings. The average Bonchev–Trinajstić information content (AvgIpc) is 3.53. The molecular weight excluding hydrogens is 424 g/mol. The second-order valence-corrected chi connectivity index (χ2v) is 11.7. The van der Waals surface area contributed by atoms with Gasteiger partial charge in [0.2, 0.25) is 5.91 Å². The van der Waals surface area contributed by atoms with Gasteiger partial charge in [-0.25, -0.2) is 0 Å². The van der Waals surface area contributed by atoms with Gasteiger partial charge in [-0.1, -0.05) is 17.4 Å². The van der Waals surface area contributed by atoms with Gasteiger partial charge in [0.15, 0.2) is 0 Å². The van der Waals surface area contributed by atoms with Crippen LogP contribution in [0.2, 0.25) is 0 Å². The predicted molar refractivity (Wildman–Crippen MR) is 116 cm³/mol. The molecule has 0 N–H and O–H groups in total. The van der Waals surface area contributed by atoms with E-state index in [2.05, 4.69) is 17.5 Å². The Morgan fingerprint density at radius 2 is 2.03 bits per heavy atom. The van der Waals surface area contributed by atoms with E-state index in [1.54, 1.807) is 4.57 Å². The third-order valence-corrected chi connectivity index (χ3v) is 11.0. The summed E-state index contributed by atoms with van der Waals surface area (Å²) in [4.78, 5) is 30.4. The number of thiazole rings is 1. The molecule has 6 rings (SSSR count). The van der Waals surface area contributed by atoms with Crippen molar-refractivity contribution in [2.75, 3.05) is 26.3 Å². The molecule has 2 aromatic heterocycles. The van der Waals surface area contributed by atoms with Crippen LogP contribution in [0.4, 0.5) is 0 Å². The van der Waals surface area contributed by atoms with Crippen LogP contribution in [0.3, 0.4) is 0 Å². The third-order valence-electron chi connectivity index (χ3n) is 7.20. The molecule has 2 aliphatic heterocycles. The number of thiophene rings is 1. The van der Waals surface area contributed by atoms with Crippen molar-refractivity contribution in [3.05, 3.63) is 36.9 Å². The average molecular weight is 449 g/mol. The molecule has 0 aromatic carbocycles. The number of carbonyl (C=O) groups is 1. The Balaban J connectivity index is 1.39. The van der Waals surface area contributed by atoms with Crippen molar-refractivity contribution in [1.82, 2.24) is 9.47 Å². The van der Waals surface area contributed by atoms with Gasteiger partial charge in [-0.15, -0.1) is 23.1 Å². The number of aromatic nitrogens is 1. The first-order chi connectivity index (χ1) is 14.2. The Kier molecular flexibility index (Phi) is 4.67. The molecule has 154 valence electrons. The maximum atomic E-state index is 13.0. The number of amides is 1. The van der Waals surface area contributed by atoms with Crippen LogP contribution in [0.15, 0.2) is 27.3 Å². The monoisotopic (exact) mass is 448 g/mol. The zero-order valence-corrected chi connectivity index (χ0v) is 18.6. The molecule has 2 saturated carbocycles. The van der Waals surface area contributed by atoms with Gasteiger partial charge in [-0.05, 0) is 48.5 Å². The molecular formula is C21H24N2O3S3. The van der Waals surface area contributed by atoms with E-state index < -0.39 is 0 Å². The highest BCUT2D eigenvalue weighted by atomic mass is 32.2. The summed E-state index contributed by atoms with van der Waals surface area (Å²) in [6, 6.07) is 4.37. The minimum Gasteiger partial charge on any atom is -0.378 e. The minimum atomic E-state index is 0.0259. The Hall–Kier alpha value is -1.09. The van der Waals surface area contributed by atoms with Crippen LogP contribution in [0, 0.1) is 17.8 Å². The predicted octanol–water partition coefficient (Wildman–Crippen LogP) is 3.48. The van der Waals surface area contributed by atoms with Crippen LogP contribution in [0.1, 0.15) is 34.9 Å². The highest BCUT2D eigenvalue weighted by Gasteiger charge is 2.55. The molecule has 5 atom stereocenters. The van der Waals surface area contributed by atoms with E-state index in [-0.39, 0.29) is 17.3 Å². The second kappa shape index (κ2) is 7.25. The molecule has 5 nitrogen and oxygen atoms in total. The fraction of sp³-hybridized carbons (Fsp3) is 0.619. The van der Waals surface area contributed by atoms with Crippen molar-refractivity contribution in [3.63, 3.8) is 0 Å². The van der Waals surface area contributed by atoms with E-state index in [0.29, 0.717) is 43.4 Å². The molecule has 29 heavy (non-hydrogen) atoms. The van der Waals surface area contributed by atoms with Gasteiger partial charge in [-0.2, -0.15) is 0 Å². The maximum Gasteiger partial charge on any atom is 0.308 e. The smallest absolute Gasteiger partial charge is 0.308 e. The van der Waals surface area contributed by atoms with Gasteiger partial charge in [0, 0.05) is 34.0 Å². The van der Waals surface area contributed by atoms with Crippen molar-refractivity contribution < 1.29 is 9.53 Å². The van der Waals surface area contributed by atoms with Crippen molar-refractivity contribution in [1.29, 1.82) is 0 Å². The number of hydrogen-bond donors (Lipinski definition) is 0. The maximum absolute atomic E-state index is 13.0. The number of rotatable bonds is 3. The van der Waals surface area contributed by atoms with Crippen molar-refractivity contribution in [2.45, 2.75) is 42.0 Å². The molecule has 4 aliphatic rings. The topological polar surface area (TPSA) is 51.5 Å². The number of fused-ring (bicyclic) bond motifs is 6. The van der Waals surface area contributed by atoms with E-state index in [0.717, 1.165) is 16.9 Å². The molecule has 1 amide bonds. The van der Waals surface area contributed by atoms with Crippen LogP contribution in [-0.2, 0) is 16.1 Å². The first-order valence-electron chi connectivity index (χ1n) is 10.5. The van der Waals surface area contributed by atoms with Crippen LogP contribution in [0.5, 0.6) is 0 Å². The molecule has 1 saturated heterocycles. The second-order valence-electron chi connectivity index (χ2n) is 8.60. The molecule has 3 fully saturated rings. The zero-order chi connectivity index (χ0) is 19.5. The summed E-state index contributed by atoms with van der Waals surface area (Å²) in [7, 11) is 0. The van der Waals surface area contributed by atoms with E-state index in [4.69, 9.17) is 4.74 Å². The summed E-state index contributed by atoms with van der Waals surface area (Å²) in [6.45, 7) is 2.59. The SMILES string of the molecule is O=C(Cn1c2c(sc1=O)[C@@H](c1cccs1)[C@@H]1[C@H]3CC[C@@H](C3)[C@H]1S2)N1CCOCC1. The number of morpholine rings is 1.